The van der Waals surface area contributed by atoms with Crippen LogP contribution in [0.3, 0.4) is 0 Å². The molecular formula is C17H21NO2S. The summed E-state index contributed by atoms with van der Waals surface area (Å²) in [5.41, 5.74) is 2.98. The smallest absolute Gasteiger partial charge is 0.173 e. The summed E-state index contributed by atoms with van der Waals surface area (Å²) in [6.45, 7) is 0. The second-order valence-electron chi connectivity index (χ2n) is 6.73. The van der Waals surface area contributed by atoms with Crippen LogP contribution in [0.25, 0.3) is 0 Å². The molecule has 2 bridgehead atoms. The fourth-order valence-corrected chi connectivity index (χ4v) is 5.60. The number of rotatable bonds is 2. The first-order valence-electron chi connectivity index (χ1n) is 7.84. The molecule has 1 aromatic rings. The Labute approximate surface area is 126 Å². The van der Waals surface area contributed by atoms with Gasteiger partial charge in [0.15, 0.2) is 9.84 Å². The molecule has 3 unspecified atom stereocenters. The van der Waals surface area contributed by atoms with Gasteiger partial charge in [-0.2, -0.15) is 0 Å². The summed E-state index contributed by atoms with van der Waals surface area (Å²) < 4.78 is 23.2. The number of hydrogen-bond donors (Lipinski definition) is 1. The minimum absolute atomic E-state index is 0.00399. The van der Waals surface area contributed by atoms with Gasteiger partial charge in [-0.3, -0.25) is 0 Å². The molecule has 3 atom stereocenters. The van der Waals surface area contributed by atoms with E-state index in [2.05, 4.69) is 29.6 Å². The normalized spacial score (nSPS) is 36.4. The lowest BCUT2D eigenvalue weighted by atomic mass is 9.94. The Morgan fingerprint density at radius 3 is 2.14 bits per heavy atom. The van der Waals surface area contributed by atoms with Gasteiger partial charge in [0.25, 0.3) is 0 Å². The van der Waals surface area contributed by atoms with E-state index in [1.165, 1.54) is 29.4 Å². The molecule has 3 nitrogen and oxygen atoms in total. The van der Waals surface area contributed by atoms with Crippen molar-refractivity contribution in [2.24, 2.45) is 11.8 Å². The minimum atomic E-state index is -2.97. The molecule has 1 heterocycles. The Morgan fingerprint density at radius 1 is 1.00 bits per heavy atom. The van der Waals surface area contributed by atoms with Gasteiger partial charge < -0.3 is 5.32 Å². The fourth-order valence-electron chi connectivity index (χ4n) is 4.35. The van der Waals surface area contributed by atoms with E-state index in [-0.39, 0.29) is 11.8 Å². The Morgan fingerprint density at radius 2 is 1.62 bits per heavy atom. The van der Waals surface area contributed by atoms with Gasteiger partial charge in [0.05, 0.1) is 5.75 Å². The first-order chi connectivity index (χ1) is 10.1. The van der Waals surface area contributed by atoms with Crippen molar-refractivity contribution >= 4 is 9.84 Å². The molecule has 112 valence electrons. The van der Waals surface area contributed by atoms with Crippen LogP contribution >= 0.6 is 0 Å². The molecule has 4 heteroatoms. The summed E-state index contributed by atoms with van der Waals surface area (Å²) in [5, 5.41) is 5.02. The summed E-state index contributed by atoms with van der Waals surface area (Å²) in [5.74, 6) is 1.53. The van der Waals surface area contributed by atoms with Gasteiger partial charge >= 0.3 is 0 Å². The van der Waals surface area contributed by atoms with E-state index in [0.29, 0.717) is 17.9 Å². The lowest BCUT2D eigenvalue weighted by Gasteiger charge is -2.26. The molecule has 1 aromatic carbocycles. The molecule has 0 saturated heterocycles. The number of nitrogens with one attached hydrogen (secondary N) is 1. The molecular weight excluding hydrogens is 282 g/mol. The third-order valence-corrected chi connectivity index (χ3v) is 6.74. The summed E-state index contributed by atoms with van der Waals surface area (Å²) >= 11 is 0. The van der Waals surface area contributed by atoms with Crippen LogP contribution in [0.2, 0.25) is 0 Å². The molecule has 0 amide bonds. The molecule has 1 aliphatic heterocycles. The van der Waals surface area contributed by atoms with Gasteiger partial charge in [0.2, 0.25) is 0 Å². The second kappa shape index (κ2) is 4.96. The lowest BCUT2D eigenvalue weighted by Crippen LogP contribution is -2.44. The SMILES string of the molecule is O=S1(=O)C=CC(NC2C3CCC2Cc2ccccc2C3)C1. The zero-order valence-corrected chi connectivity index (χ0v) is 12.9. The van der Waals surface area contributed by atoms with Crippen LogP contribution in [0, 0.1) is 11.8 Å². The summed E-state index contributed by atoms with van der Waals surface area (Å²) in [6.07, 6.45) is 6.62. The zero-order chi connectivity index (χ0) is 14.4. The third-order valence-electron chi connectivity index (χ3n) is 5.34. The summed E-state index contributed by atoms with van der Waals surface area (Å²) in [6, 6.07) is 9.24. The lowest BCUT2D eigenvalue weighted by molar-refractivity contribution is 0.331. The molecule has 0 radical (unpaired) electrons. The van der Waals surface area contributed by atoms with Gasteiger partial charge in [-0.05, 0) is 48.6 Å². The molecule has 3 aliphatic rings. The molecule has 4 rings (SSSR count). The first kappa shape index (κ1) is 13.5. The Kier molecular flexibility index (Phi) is 3.19. The molecule has 1 saturated carbocycles. The van der Waals surface area contributed by atoms with Crippen LogP contribution < -0.4 is 5.32 Å². The van der Waals surface area contributed by atoms with Crippen LogP contribution in [0.4, 0.5) is 0 Å². The van der Waals surface area contributed by atoms with Crippen molar-refractivity contribution in [3.63, 3.8) is 0 Å². The predicted octanol–water partition coefficient (Wildman–Crippen LogP) is 2.08. The zero-order valence-electron chi connectivity index (χ0n) is 12.0. The van der Waals surface area contributed by atoms with Gasteiger partial charge in [0, 0.05) is 17.5 Å². The van der Waals surface area contributed by atoms with E-state index in [4.69, 9.17) is 0 Å². The van der Waals surface area contributed by atoms with Crippen LogP contribution in [-0.4, -0.2) is 26.3 Å². The van der Waals surface area contributed by atoms with Crippen LogP contribution in [0.5, 0.6) is 0 Å². The van der Waals surface area contributed by atoms with Crippen molar-refractivity contribution in [1.82, 2.24) is 5.32 Å². The monoisotopic (exact) mass is 303 g/mol. The van der Waals surface area contributed by atoms with E-state index in [1.807, 2.05) is 6.08 Å². The largest absolute Gasteiger partial charge is 0.306 e. The highest BCUT2D eigenvalue weighted by molar-refractivity contribution is 7.94. The highest BCUT2D eigenvalue weighted by Crippen LogP contribution is 2.40. The molecule has 1 N–H and O–H groups in total. The highest BCUT2D eigenvalue weighted by Gasteiger charge is 2.40. The third kappa shape index (κ3) is 2.55. The van der Waals surface area contributed by atoms with E-state index in [9.17, 15) is 8.42 Å². The Balaban J connectivity index is 1.55. The summed E-state index contributed by atoms with van der Waals surface area (Å²) in [4.78, 5) is 0. The van der Waals surface area contributed by atoms with Crippen LogP contribution in [-0.2, 0) is 22.7 Å². The topological polar surface area (TPSA) is 46.2 Å². The van der Waals surface area contributed by atoms with E-state index in [1.54, 1.807) is 0 Å². The maximum absolute atomic E-state index is 11.6. The number of sulfone groups is 1. The molecule has 2 aliphatic carbocycles. The predicted molar refractivity (Wildman–Crippen MR) is 83.7 cm³/mol. The average molecular weight is 303 g/mol. The van der Waals surface area contributed by atoms with Gasteiger partial charge in [-0.1, -0.05) is 30.3 Å². The Hall–Kier alpha value is -1.13. The minimum Gasteiger partial charge on any atom is -0.306 e. The van der Waals surface area contributed by atoms with Crippen LogP contribution in [0.1, 0.15) is 24.0 Å². The maximum Gasteiger partial charge on any atom is 0.173 e. The second-order valence-corrected chi connectivity index (χ2v) is 8.66. The summed E-state index contributed by atoms with van der Waals surface area (Å²) in [7, 11) is -2.97. The van der Waals surface area contributed by atoms with E-state index in [0.717, 1.165) is 12.8 Å². The fraction of sp³-hybridized carbons (Fsp3) is 0.529. The standard InChI is InChI=1S/C17H21NO2S/c19-21(20)8-7-16(11-21)18-17-14-5-6-15(17)10-13-4-2-1-3-12(13)9-14/h1-4,7-8,14-18H,5-6,9-11H2. The van der Waals surface area contributed by atoms with Crippen molar-refractivity contribution in [3.05, 3.63) is 46.9 Å². The molecule has 0 spiro atoms. The van der Waals surface area contributed by atoms with Gasteiger partial charge in [0.1, 0.15) is 0 Å². The van der Waals surface area contributed by atoms with Crippen molar-refractivity contribution in [1.29, 1.82) is 0 Å². The first-order valence-corrected chi connectivity index (χ1v) is 9.56. The van der Waals surface area contributed by atoms with Crippen molar-refractivity contribution in [2.75, 3.05) is 5.75 Å². The molecule has 21 heavy (non-hydrogen) atoms. The molecule has 0 aromatic heterocycles. The Bertz CT molecular complexity index is 647. The van der Waals surface area contributed by atoms with Gasteiger partial charge in [-0.15, -0.1) is 0 Å². The number of benzene rings is 1. The number of fused-ring (bicyclic) bond motifs is 3. The quantitative estimate of drug-likeness (QED) is 0.910. The van der Waals surface area contributed by atoms with E-state index >= 15 is 0 Å². The van der Waals surface area contributed by atoms with Crippen molar-refractivity contribution < 1.29 is 8.42 Å². The van der Waals surface area contributed by atoms with Crippen LogP contribution in [0.15, 0.2) is 35.7 Å². The van der Waals surface area contributed by atoms with E-state index < -0.39 is 9.84 Å². The van der Waals surface area contributed by atoms with Gasteiger partial charge in [-0.25, -0.2) is 8.42 Å². The number of hydrogen-bond acceptors (Lipinski definition) is 3. The van der Waals surface area contributed by atoms with Crippen molar-refractivity contribution in [3.8, 4) is 0 Å². The molecule has 1 fully saturated rings. The van der Waals surface area contributed by atoms with Crippen molar-refractivity contribution in [2.45, 2.75) is 37.8 Å². The highest BCUT2D eigenvalue weighted by atomic mass is 32.2. The maximum atomic E-state index is 11.6. The average Bonchev–Trinajstić information content (AvgIpc) is 2.90.